The van der Waals surface area contributed by atoms with E-state index in [1.165, 1.54) is 56.9 Å². The third-order valence-corrected chi connectivity index (χ3v) is 9.76. The molecule has 0 saturated heterocycles. The molecule has 4 rings (SSSR count). The second-order valence-corrected chi connectivity index (χ2v) is 11.8. The number of esters is 1. The average Bonchev–Trinajstić information content (AvgIpc) is 3.05. The van der Waals surface area contributed by atoms with E-state index in [4.69, 9.17) is 4.74 Å². The Morgan fingerprint density at radius 1 is 1.06 bits per heavy atom. The van der Waals surface area contributed by atoms with E-state index < -0.39 is 0 Å². The van der Waals surface area contributed by atoms with Gasteiger partial charge in [-0.05, 0) is 107 Å². The molecule has 0 aromatic rings. The van der Waals surface area contributed by atoms with Gasteiger partial charge in [0.25, 0.3) is 0 Å². The fraction of sp³-hybridized carbons (Fsp3) is 0.759. The minimum atomic E-state index is -0.124. The first-order valence-electron chi connectivity index (χ1n) is 12.8. The van der Waals surface area contributed by atoms with E-state index in [2.05, 4.69) is 46.8 Å². The molecule has 3 saturated carbocycles. The van der Waals surface area contributed by atoms with Gasteiger partial charge in [-0.25, -0.2) is 0 Å². The number of carbonyl (C=O) groups is 1. The van der Waals surface area contributed by atoms with E-state index in [-0.39, 0.29) is 12.1 Å². The van der Waals surface area contributed by atoms with Gasteiger partial charge in [-0.1, -0.05) is 48.3 Å². The molecule has 3 fully saturated rings. The first-order chi connectivity index (χ1) is 14.6. The van der Waals surface area contributed by atoms with Crippen LogP contribution in [0.2, 0.25) is 0 Å². The Morgan fingerprint density at radius 2 is 1.77 bits per heavy atom. The number of fused-ring (bicyclic) bond motifs is 5. The molecule has 4 aliphatic rings. The minimum absolute atomic E-state index is 0.103. The molecule has 0 bridgehead atoms. The topological polar surface area (TPSA) is 26.3 Å². The molecule has 0 N–H and O–H groups in total. The summed E-state index contributed by atoms with van der Waals surface area (Å²) in [4.78, 5) is 11.5. The van der Waals surface area contributed by atoms with Gasteiger partial charge >= 0.3 is 5.97 Å². The number of hydrogen-bond acceptors (Lipinski definition) is 2. The third kappa shape index (κ3) is 4.09. The van der Waals surface area contributed by atoms with Crippen LogP contribution >= 0.6 is 0 Å². The van der Waals surface area contributed by atoms with E-state index in [1.807, 2.05) is 5.57 Å². The molecule has 0 spiro atoms. The van der Waals surface area contributed by atoms with Crippen molar-refractivity contribution in [1.29, 1.82) is 0 Å². The van der Waals surface area contributed by atoms with Crippen LogP contribution in [-0.2, 0) is 9.53 Å². The second kappa shape index (κ2) is 8.56. The molecule has 172 valence electrons. The smallest absolute Gasteiger partial charge is 0.302 e. The van der Waals surface area contributed by atoms with Crippen LogP contribution in [0.4, 0.5) is 0 Å². The van der Waals surface area contributed by atoms with Crippen molar-refractivity contribution in [1.82, 2.24) is 0 Å². The van der Waals surface area contributed by atoms with Crippen molar-refractivity contribution in [2.75, 3.05) is 0 Å². The molecule has 6 atom stereocenters. The largest absolute Gasteiger partial charge is 0.462 e. The number of allylic oxidation sites excluding steroid dienone is 5. The van der Waals surface area contributed by atoms with E-state index in [1.54, 1.807) is 18.1 Å². The van der Waals surface area contributed by atoms with Crippen LogP contribution in [0.15, 0.2) is 34.4 Å². The Morgan fingerprint density at radius 3 is 2.48 bits per heavy atom. The van der Waals surface area contributed by atoms with Gasteiger partial charge in [0.1, 0.15) is 6.10 Å². The van der Waals surface area contributed by atoms with Crippen molar-refractivity contribution in [2.45, 2.75) is 112 Å². The SMILES string of the molecule is CC(=O)OC1CCC2(C)C(=CCC3C2CCC2(C)/C(=C(\C)CCC=C(C)C)CCC32)C1. The molecule has 6 unspecified atom stereocenters. The van der Waals surface area contributed by atoms with Crippen LogP contribution in [0.3, 0.4) is 0 Å². The lowest BCUT2D eigenvalue weighted by Gasteiger charge is -2.57. The van der Waals surface area contributed by atoms with Gasteiger partial charge in [-0.3, -0.25) is 4.79 Å². The lowest BCUT2D eigenvalue weighted by molar-refractivity contribution is -0.148. The zero-order valence-corrected chi connectivity index (χ0v) is 20.9. The monoisotopic (exact) mass is 424 g/mol. The molecule has 0 radical (unpaired) electrons. The fourth-order valence-electron chi connectivity index (χ4n) is 8.20. The van der Waals surface area contributed by atoms with Crippen LogP contribution in [0.25, 0.3) is 0 Å². The fourth-order valence-corrected chi connectivity index (χ4v) is 8.20. The highest BCUT2D eigenvalue weighted by Crippen LogP contribution is 2.66. The predicted molar refractivity (Wildman–Crippen MR) is 129 cm³/mol. The Hall–Kier alpha value is -1.31. The summed E-state index contributed by atoms with van der Waals surface area (Å²) in [5.74, 6) is 2.37. The van der Waals surface area contributed by atoms with Gasteiger partial charge in [0.05, 0.1) is 0 Å². The Bertz CT molecular complexity index is 811. The Labute approximate surface area is 190 Å². The summed E-state index contributed by atoms with van der Waals surface area (Å²) in [6.45, 7) is 13.5. The number of hydrogen-bond donors (Lipinski definition) is 0. The van der Waals surface area contributed by atoms with Crippen molar-refractivity contribution in [3.05, 3.63) is 34.4 Å². The highest BCUT2D eigenvalue weighted by atomic mass is 16.5. The molecule has 0 aliphatic heterocycles. The van der Waals surface area contributed by atoms with E-state index >= 15 is 0 Å². The first kappa shape index (κ1) is 22.9. The molecule has 2 nitrogen and oxygen atoms in total. The van der Waals surface area contributed by atoms with Gasteiger partial charge in [0.15, 0.2) is 0 Å². The van der Waals surface area contributed by atoms with Gasteiger partial charge in [-0.2, -0.15) is 0 Å². The lowest BCUT2D eigenvalue weighted by Crippen LogP contribution is -2.49. The number of carbonyl (C=O) groups excluding carboxylic acids is 1. The molecule has 0 aromatic carbocycles. The minimum Gasteiger partial charge on any atom is -0.462 e. The van der Waals surface area contributed by atoms with Crippen molar-refractivity contribution in [3.8, 4) is 0 Å². The summed E-state index contributed by atoms with van der Waals surface area (Å²) in [5.41, 5.74) is 7.29. The lowest BCUT2D eigenvalue weighted by atomic mass is 9.47. The van der Waals surface area contributed by atoms with E-state index in [0.717, 1.165) is 30.6 Å². The van der Waals surface area contributed by atoms with Crippen LogP contribution in [-0.4, -0.2) is 12.1 Å². The van der Waals surface area contributed by atoms with Crippen molar-refractivity contribution in [3.63, 3.8) is 0 Å². The van der Waals surface area contributed by atoms with Crippen LogP contribution in [0.1, 0.15) is 106 Å². The van der Waals surface area contributed by atoms with Crippen molar-refractivity contribution >= 4 is 5.97 Å². The Kier molecular flexibility index (Phi) is 6.32. The predicted octanol–water partition coefficient (Wildman–Crippen LogP) is 7.94. The molecule has 2 heteroatoms. The highest BCUT2D eigenvalue weighted by Gasteiger charge is 2.57. The van der Waals surface area contributed by atoms with Crippen LogP contribution in [0, 0.1) is 28.6 Å². The molecule has 0 amide bonds. The van der Waals surface area contributed by atoms with Crippen molar-refractivity contribution < 1.29 is 9.53 Å². The molecular weight excluding hydrogens is 380 g/mol. The normalized spacial score (nSPS) is 40.8. The highest BCUT2D eigenvalue weighted by molar-refractivity contribution is 5.66. The third-order valence-electron chi connectivity index (χ3n) is 9.76. The summed E-state index contributed by atoms with van der Waals surface area (Å²) in [6.07, 6.45) is 17.4. The second-order valence-electron chi connectivity index (χ2n) is 11.8. The Balaban J connectivity index is 1.54. The zero-order chi connectivity index (χ0) is 22.4. The van der Waals surface area contributed by atoms with Gasteiger partial charge in [0.2, 0.25) is 0 Å². The van der Waals surface area contributed by atoms with Gasteiger partial charge in [0, 0.05) is 13.3 Å². The van der Waals surface area contributed by atoms with E-state index in [0.29, 0.717) is 10.8 Å². The maximum Gasteiger partial charge on any atom is 0.302 e. The molecule has 31 heavy (non-hydrogen) atoms. The summed E-state index contributed by atoms with van der Waals surface area (Å²) < 4.78 is 5.60. The number of rotatable bonds is 4. The number of ether oxygens (including phenoxy) is 1. The summed E-state index contributed by atoms with van der Waals surface area (Å²) in [6, 6.07) is 0. The van der Waals surface area contributed by atoms with E-state index in [9.17, 15) is 4.79 Å². The van der Waals surface area contributed by atoms with Crippen LogP contribution < -0.4 is 0 Å². The summed E-state index contributed by atoms with van der Waals surface area (Å²) in [7, 11) is 0. The molecule has 4 aliphatic carbocycles. The van der Waals surface area contributed by atoms with Gasteiger partial charge < -0.3 is 4.74 Å². The standard InChI is InChI=1S/C29H44O2/c1-19(2)8-7-9-20(3)25-12-13-26-24-11-10-22-18-23(31-21(4)30)14-16-28(22,5)27(24)15-17-29(25,26)6/h8,10,23-24,26-27H,7,9,11-18H2,1-6H3/b25-20+. The maximum atomic E-state index is 11.5. The first-order valence-corrected chi connectivity index (χ1v) is 12.8. The summed E-state index contributed by atoms with van der Waals surface area (Å²) >= 11 is 0. The van der Waals surface area contributed by atoms with Gasteiger partial charge in [-0.15, -0.1) is 0 Å². The molecule has 0 aromatic heterocycles. The summed E-state index contributed by atoms with van der Waals surface area (Å²) in [5, 5.41) is 0. The van der Waals surface area contributed by atoms with Crippen LogP contribution in [0.5, 0.6) is 0 Å². The van der Waals surface area contributed by atoms with Crippen molar-refractivity contribution in [2.24, 2.45) is 28.6 Å². The molecular formula is C29H44O2. The zero-order valence-electron chi connectivity index (χ0n) is 20.9. The average molecular weight is 425 g/mol. The maximum absolute atomic E-state index is 11.5. The molecule has 0 heterocycles. The quantitative estimate of drug-likeness (QED) is 0.338.